The molecule has 4 heteroatoms. The number of nitrogens with one attached hydrogen (secondary N) is 2. The van der Waals surface area contributed by atoms with E-state index < -0.39 is 0 Å². The third-order valence-electron chi connectivity index (χ3n) is 1.49. The molecule has 0 amide bonds. The molecule has 0 aromatic rings. The van der Waals surface area contributed by atoms with Crippen LogP contribution in [0.15, 0.2) is 12.2 Å². The van der Waals surface area contributed by atoms with Crippen LogP contribution in [0.4, 0.5) is 0 Å². The highest BCUT2D eigenvalue weighted by Gasteiger charge is 1.98. The van der Waals surface area contributed by atoms with Crippen LogP contribution in [0.5, 0.6) is 0 Å². The van der Waals surface area contributed by atoms with Gasteiger partial charge in [-0.2, -0.15) is 0 Å². The van der Waals surface area contributed by atoms with E-state index in [0.717, 1.165) is 18.1 Å². The van der Waals surface area contributed by atoms with Crippen molar-refractivity contribution in [3.63, 3.8) is 0 Å². The van der Waals surface area contributed by atoms with E-state index in [2.05, 4.69) is 19.1 Å². The lowest BCUT2D eigenvalue weighted by molar-refractivity contribution is 0.562. The Hall–Kier alpha value is -1.50. The molecule has 0 spiro atoms. The van der Waals surface area contributed by atoms with E-state index in [1.54, 1.807) is 0 Å². The molecular weight excluding hydrogens is 168 g/mol. The van der Waals surface area contributed by atoms with Crippen molar-refractivity contribution in [1.29, 1.82) is 10.8 Å². The van der Waals surface area contributed by atoms with E-state index >= 15 is 0 Å². The van der Waals surface area contributed by atoms with E-state index in [1.165, 1.54) is 19.3 Å². The zero-order valence-electron chi connectivity index (χ0n) is 7.67. The highest BCUT2D eigenvalue weighted by Crippen LogP contribution is 2.14. The molecule has 13 heavy (non-hydrogen) atoms. The number of allylic oxidation sites excluding steroid dienone is 2. The first-order chi connectivity index (χ1) is 6.22. The first-order valence-corrected chi connectivity index (χ1v) is 3.97. The Bertz CT molecular complexity index is 188. The first-order valence-electron chi connectivity index (χ1n) is 3.97. The van der Waals surface area contributed by atoms with Crippen LogP contribution < -0.4 is 0 Å². The minimum atomic E-state index is 0.750. The van der Waals surface area contributed by atoms with Crippen LogP contribution in [0.2, 0.25) is 0 Å². The van der Waals surface area contributed by atoms with Gasteiger partial charge in [0.2, 0.25) is 12.2 Å². The first kappa shape index (κ1) is 14.0. The summed E-state index contributed by atoms with van der Waals surface area (Å²) in [6.07, 6.45) is 10.2. The molecule has 0 saturated carbocycles. The quantitative estimate of drug-likeness (QED) is 0.342. The van der Waals surface area contributed by atoms with Crippen molar-refractivity contribution in [3.8, 4) is 0 Å². The normalized spacial score (nSPS) is 17.8. The molecule has 0 saturated heterocycles. The smallest absolute Gasteiger partial charge is 0.222 e. The second-order valence-corrected chi connectivity index (χ2v) is 2.54. The Morgan fingerprint density at radius 2 is 1.77 bits per heavy atom. The molecule has 1 rings (SSSR count). The van der Waals surface area contributed by atoms with Crippen LogP contribution >= 0.6 is 0 Å². The van der Waals surface area contributed by atoms with Crippen molar-refractivity contribution in [2.45, 2.75) is 26.2 Å². The summed E-state index contributed by atoms with van der Waals surface area (Å²) in [7, 11) is 0. The molecule has 0 aromatic carbocycles. The standard InChI is InChI=1S/C7H12.2CHNO/c1-7-5-3-2-4-6-7;2*2-1-3/h3,5,7H,2,4,6H2,1H3;2*2H. The van der Waals surface area contributed by atoms with Gasteiger partial charge in [0.05, 0.1) is 0 Å². The number of hydrogen-bond acceptors (Lipinski definition) is 4. The van der Waals surface area contributed by atoms with Gasteiger partial charge < -0.3 is 0 Å². The maximum atomic E-state index is 8.35. The van der Waals surface area contributed by atoms with Crippen LogP contribution in [-0.4, -0.2) is 12.2 Å². The van der Waals surface area contributed by atoms with E-state index in [9.17, 15) is 0 Å². The molecule has 1 aliphatic rings. The van der Waals surface area contributed by atoms with Crippen LogP contribution in [-0.2, 0) is 9.59 Å². The van der Waals surface area contributed by atoms with Gasteiger partial charge >= 0.3 is 0 Å². The summed E-state index contributed by atoms with van der Waals surface area (Å²) >= 11 is 0. The zero-order chi connectivity index (χ0) is 10.5. The van der Waals surface area contributed by atoms with Gasteiger partial charge in [-0.15, -0.1) is 0 Å². The summed E-state index contributed by atoms with van der Waals surface area (Å²) in [5, 5.41) is 10.8. The summed E-state index contributed by atoms with van der Waals surface area (Å²) in [5.41, 5.74) is 0. The van der Waals surface area contributed by atoms with Gasteiger partial charge in [-0.1, -0.05) is 19.1 Å². The van der Waals surface area contributed by atoms with Crippen molar-refractivity contribution < 1.29 is 9.59 Å². The van der Waals surface area contributed by atoms with Gasteiger partial charge in [0.1, 0.15) is 0 Å². The third kappa shape index (κ3) is 18.0. The fourth-order valence-corrected chi connectivity index (χ4v) is 0.982. The van der Waals surface area contributed by atoms with Crippen LogP contribution in [0.3, 0.4) is 0 Å². The van der Waals surface area contributed by atoms with Crippen molar-refractivity contribution in [1.82, 2.24) is 0 Å². The SMILES string of the molecule is CC1C=CCCC1.N=C=O.N=C=O. The minimum absolute atomic E-state index is 0.750. The molecule has 0 aromatic heterocycles. The van der Waals surface area contributed by atoms with Crippen LogP contribution in [0.25, 0.3) is 0 Å². The Kier molecular flexibility index (Phi) is 14.2. The van der Waals surface area contributed by atoms with Crippen LogP contribution in [0.1, 0.15) is 26.2 Å². The molecule has 0 fully saturated rings. The van der Waals surface area contributed by atoms with Gasteiger partial charge in [0.15, 0.2) is 0 Å². The molecular formula is C9H14N2O2. The maximum Gasteiger partial charge on any atom is 0.231 e. The predicted octanol–water partition coefficient (Wildman–Crippen LogP) is 2.16. The van der Waals surface area contributed by atoms with E-state index in [0.29, 0.717) is 0 Å². The minimum Gasteiger partial charge on any atom is -0.222 e. The molecule has 1 atom stereocenters. The van der Waals surface area contributed by atoms with Gasteiger partial charge in [0, 0.05) is 0 Å². The van der Waals surface area contributed by atoms with Crippen molar-refractivity contribution in [3.05, 3.63) is 12.2 Å². The second kappa shape index (κ2) is 13.1. The lowest BCUT2D eigenvalue weighted by Crippen LogP contribution is -1.92. The van der Waals surface area contributed by atoms with Crippen molar-refractivity contribution in [2.75, 3.05) is 0 Å². The van der Waals surface area contributed by atoms with Crippen LogP contribution in [0, 0.1) is 16.7 Å². The molecule has 1 unspecified atom stereocenters. The highest BCUT2D eigenvalue weighted by molar-refractivity contribution is 5.26. The van der Waals surface area contributed by atoms with Gasteiger partial charge in [-0.05, 0) is 25.2 Å². The zero-order valence-corrected chi connectivity index (χ0v) is 7.67. The predicted molar refractivity (Wildman–Crippen MR) is 49.0 cm³/mol. The summed E-state index contributed by atoms with van der Waals surface area (Å²) in [6.45, 7) is 2.27. The summed E-state index contributed by atoms with van der Waals surface area (Å²) in [6, 6.07) is 0. The fraction of sp³-hybridized carbons (Fsp3) is 0.556. The second-order valence-electron chi connectivity index (χ2n) is 2.54. The van der Waals surface area contributed by atoms with Crippen molar-refractivity contribution >= 4 is 12.2 Å². The number of carbonyl (C=O) groups excluding carboxylic acids is 2. The summed E-state index contributed by atoms with van der Waals surface area (Å²) in [4.78, 5) is 16.7. The summed E-state index contributed by atoms with van der Waals surface area (Å²) in [5.74, 6) is 0.855. The maximum absolute atomic E-state index is 8.35. The lowest BCUT2D eigenvalue weighted by atomic mass is 9.98. The molecule has 72 valence electrons. The van der Waals surface area contributed by atoms with Gasteiger partial charge in [-0.25, -0.2) is 20.4 Å². The Labute approximate surface area is 77.7 Å². The third-order valence-corrected chi connectivity index (χ3v) is 1.49. The molecule has 0 radical (unpaired) electrons. The monoisotopic (exact) mass is 182 g/mol. The molecule has 0 bridgehead atoms. The van der Waals surface area contributed by atoms with Gasteiger partial charge in [-0.3, -0.25) is 0 Å². The molecule has 0 heterocycles. The summed E-state index contributed by atoms with van der Waals surface area (Å²) < 4.78 is 0. The average Bonchev–Trinajstić information content (AvgIpc) is 2.08. The van der Waals surface area contributed by atoms with E-state index in [-0.39, 0.29) is 0 Å². The molecule has 1 aliphatic carbocycles. The average molecular weight is 182 g/mol. The molecule has 4 nitrogen and oxygen atoms in total. The lowest BCUT2D eigenvalue weighted by Gasteiger charge is -2.08. The van der Waals surface area contributed by atoms with E-state index in [4.69, 9.17) is 20.4 Å². The van der Waals surface area contributed by atoms with E-state index in [1.807, 2.05) is 0 Å². The molecule has 0 aliphatic heterocycles. The number of rotatable bonds is 0. The molecule has 2 N–H and O–H groups in total. The Morgan fingerprint density at radius 1 is 1.31 bits per heavy atom. The number of hydrogen-bond donors (Lipinski definition) is 2. The highest BCUT2D eigenvalue weighted by atomic mass is 16.1. The fourth-order valence-electron chi connectivity index (χ4n) is 0.982. The van der Waals surface area contributed by atoms with Gasteiger partial charge in [0.25, 0.3) is 0 Å². The Morgan fingerprint density at radius 3 is 1.92 bits per heavy atom. The Balaban J connectivity index is 0. The van der Waals surface area contributed by atoms with Crippen molar-refractivity contribution in [2.24, 2.45) is 5.92 Å². The topological polar surface area (TPSA) is 81.8 Å². The number of isocyanates is 2. The largest absolute Gasteiger partial charge is 0.231 e.